The van der Waals surface area contributed by atoms with Gasteiger partial charge in [-0.2, -0.15) is 0 Å². The molecule has 4 atom stereocenters. The van der Waals surface area contributed by atoms with E-state index in [2.05, 4.69) is 37.0 Å². The van der Waals surface area contributed by atoms with Crippen LogP contribution >= 0.6 is 0 Å². The van der Waals surface area contributed by atoms with Gasteiger partial charge < -0.3 is 0 Å². The van der Waals surface area contributed by atoms with E-state index in [-0.39, 0.29) is 10.8 Å². The van der Waals surface area contributed by atoms with Crippen LogP contribution in [0.3, 0.4) is 0 Å². The molecule has 0 bridgehead atoms. The SMILES string of the molecule is C[C@]12CCC3[C@@H](CCC4=CC(=O)CC[C@@]43C)C1=CC=C2c1cccnc1. The van der Waals surface area contributed by atoms with E-state index in [4.69, 9.17) is 0 Å². The van der Waals surface area contributed by atoms with Crippen LogP contribution in [0.25, 0.3) is 5.57 Å². The topological polar surface area (TPSA) is 30.0 Å². The summed E-state index contributed by atoms with van der Waals surface area (Å²) in [5.41, 5.74) is 6.19. The van der Waals surface area contributed by atoms with Gasteiger partial charge in [0.15, 0.2) is 5.78 Å². The maximum absolute atomic E-state index is 12.0. The summed E-state index contributed by atoms with van der Waals surface area (Å²) in [7, 11) is 0. The van der Waals surface area contributed by atoms with Gasteiger partial charge in [0.2, 0.25) is 0 Å². The number of fused-ring (bicyclic) bond motifs is 5. The summed E-state index contributed by atoms with van der Waals surface area (Å²) >= 11 is 0. The van der Waals surface area contributed by atoms with Crippen LogP contribution in [0, 0.1) is 22.7 Å². The van der Waals surface area contributed by atoms with Gasteiger partial charge in [0.05, 0.1) is 0 Å². The van der Waals surface area contributed by atoms with Crippen LogP contribution in [-0.2, 0) is 4.79 Å². The molecule has 0 saturated heterocycles. The van der Waals surface area contributed by atoms with Crippen molar-refractivity contribution in [3.63, 3.8) is 0 Å². The average Bonchev–Trinajstić information content (AvgIpc) is 3.00. The lowest BCUT2D eigenvalue weighted by Crippen LogP contribution is -2.47. The summed E-state index contributed by atoms with van der Waals surface area (Å²) in [5, 5.41) is 0. The maximum Gasteiger partial charge on any atom is 0.155 e. The van der Waals surface area contributed by atoms with Crippen molar-refractivity contribution < 1.29 is 4.79 Å². The zero-order valence-corrected chi connectivity index (χ0v) is 15.8. The molecule has 1 aromatic rings. The lowest BCUT2D eigenvalue weighted by atomic mass is 9.48. The molecule has 0 amide bonds. The number of rotatable bonds is 1. The Morgan fingerprint density at radius 1 is 1.12 bits per heavy atom. The second kappa shape index (κ2) is 5.52. The van der Waals surface area contributed by atoms with Crippen LogP contribution in [0.2, 0.25) is 0 Å². The maximum atomic E-state index is 12.0. The highest BCUT2D eigenvalue weighted by Crippen LogP contribution is 2.65. The summed E-state index contributed by atoms with van der Waals surface area (Å²) in [6, 6.07) is 4.24. The molecule has 1 aromatic heterocycles. The summed E-state index contributed by atoms with van der Waals surface area (Å²) in [4.78, 5) is 16.3. The Morgan fingerprint density at radius 3 is 2.81 bits per heavy atom. The smallest absolute Gasteiger partial charge is 0.155 e. The first-order chi connectivity index (χ1) is 12.5. The quantitative estimate of drug-likeness (QED) is 0.670. The van der Waals surface area contributed by atoms with Gasteiger partial charge in [0.1, 0.15) is 0 Å². The van der Waals surface area contributed by atoms with Crippen molar-refractivity contribution in [2.45, 2.75) is 52.4 Å². The number of hydrogen-bond donors (Lipinski definition) is 0. The first-order valence-corrected chi connectivity index (χ1v) is 10.1. The number of ketones is 1. The highest BCUT2D eigenvalue weighted by molar-refractivity contribution is 5.91. The van der Waals surface area contributed by atoms with E-state index < -0.39 is 0 Å². The van der Waals surface area contributed by atoms with Gasteiger partial charge in [0, 0.05) is 24.2 Å². The molecule has 0 N–H and O–H groups in total. The lowest BCUT2D eigenvalue weighted by Gasteiger charge is -2.56. The zero-order chi connectivity index (χ0) is 17.9. The first kappa shape index (κ1) is 16.2. The van der Waals surface area contributed by atoms with Crippen LogP contribution in [0.4, 0.5) is 0 Å². The van der Waals surface area contributed by atoms with Gasteiger partial charge in [-0.25, -0.2) is 0 Å². The van der Waals surface area contributed by atoms with E-state index in [0.717, 1.165) is 19.3 Å². The van der Waals surface area contributed by atoms with Crippen molar-refractivity contribution in [2.75, 3.05) is 0 Å². The van der Waals surface area contributed by atoms with Crippen molar-refractivity contribution in [3.05, 3.63) is 59.5 Å². The number of allylic oxidation sites excluding steroid dienone is 6. The lowest BCUT2D eigenvalue weighted by molar-refractivity contribution is -0.116. The van der Waals surface area contributed by atoms with Crippen LogP contribution in [0.1, 0.15) is 57.9 Å². The van der Waals surface area contributed by atoms with Crippen molar-refractivity contribution in [3.8, 4) is 0 Å². The highest BCUT2D eigenvalue weighted by Gasteiger charge is 2.54. The summed E-state index contributed by atoms with van der Waals surface area (Å²) in [6.07, 6.45) is 17.2. The molecule has 4 aliphatic rings. The standard InChI is InChI=1S/C24H27NO/c1-23-11-9-18(26)14-17(23)5-6-19-21-8-7-20(16-4-3-13-25-15-16)24(21,2)12-10-22(19)23/h3-4,7-8,13-15,19,22H,5-6,9-12H2,1-2H3/t19-,22?,23-,24+/m0/s1. The van der Waals surface area contributed by atoms with Crippen LogP contribution in [0.5, 0.6) is 0 Å². The number of carbonyl (C=O) groups is 1. The first-order valence-electron chi connectivity index (χ1n) is 10.1. The molecule has 2 fully saturated rings. The van der Waals surface area contributed by atoms with Crippen molar-refractivity contribution in [2.24, 2.45) is 22.7 Å². The third kappa shape index (κ3) is 2.11. The predicted molar refractivity (Wildman–Crippen MR) is 104 cm³/mol. The molecular formula is C24H27NO. The molecule has 2 heteroatoms. The molecule has 134 valence electrons. The largest absolute Gasteiger partial charge is 0.295 e. The molecule has 0 spiro atoms. The van der Waals surface area contributed by atoms with Crippen molar-refractivity contribution >= 4 is 11.4 Å². The summed E-state index contributed by atoms with van der Waals surface area (Å²) in [6.45, 7) is 4.88. The second-order valence-corrected chi connectivity index (χ2v) is 9.12. The molecular weight excluding hydrogens is 318 g/mol. The Morgan fingerprint density at radius 2 is 2.00 bits per heavy atom. The summed E-state index contributed by atoms with van der Waals surface area (Å²) in [5.74, 6) is 1.70. The molecule has 0 aromatic carbocycles. The third-order valence-electron chi connectivity index (χ3n) is 7.98. The molecule has 4 aliphatic carbocycles. The van der Waals surface area contributed by atoms with E-state index in [0.29, 0.717) is 17.6 Å². The van der Waals surface area contributed by atoms with Gasteiger partial charge in [-0.3, -0.25) is 9.78 Å². The van der Waals surface area contributed by atoms with Gasteiger partial charge in [-0.15, -0.1) is 0 Å². The fourth-order valence-electron chi connectivity index (χ4n) is 6.49. The second-order valence-electron chi connectivity index (χ2n) is 9.12. The van der Waals surface area contributed by atoms with Gasteiger partial charge in [0.25, 0.3) is 0 Å². The van der Waals surface area contributed by atoms with Crippen LogP contribution < -0.4 is 0 Å². The Hall–Kier alpha value is -1.96. The van der Waals surface area contributed by atoms with Crippen LogP contribution in [-0.4, -0.2) is 10.8 Å². The Labute approximate surface area is 156 Å². The molecule has 2 saturated carbocycles. The fourth-order valence-corrected chi connectivity index (χ4v) is 6.49. The number of pyridine rings is 1. The minimum absolute atomic E-state index is 0.159. The Kier molecular flexibility index (Phi) is 3.44. The van der Waals surface area contributed by atoms with E-state index in [1.54, 1.807) is 5.57 Å². The van der Waals surface area contributed by atoms with E-state index in [1.807, 2.05) is 24.5 Å². The number of nitrogens with zero attached hydrogens (tertiary/aromatic N) is 1. The molecule has 0 radical (unpaired) electrons. The predicted octanol–water partition coefficient (Wildman–Crippen LogP) is 5.53. The van der Waals surface area contributed by atoms with E-state index in [9.17, 15) is 4.79 Å². The minimum Gasteiger partial charge on any atom is -0.295 e. The monoisotopic (exact) mass is 345 g/mol. The minimum atomic E-state index is 0.159. The normalized spacial score (nSPS) is 38.5. The van der Waals surface area contributed by atoms with Crippen molar-refractivity contribution in [1.29, 1.82) is 0 Å². The molecule has 26 heavy (non-hydrogen) atoms. The summed E-state index contributed by atoms with van der Waals surface area (Å²) < 4.78 is 0. The van der Waals surface area contributed by atoms with Gasteiger partial charge >= 0.3 is 0 Å². The average molecular weight is 345 g/mol. The van der Waals surface area contributed by atoms with Gasteiger partial charge in [-0.05, 0) is 72.6 Å². The third-order valence-corrected chi connectivity index (χ3v) is 7.98. The molecule has 1 unspecified atom stereocenters. The highest BCUT2D eigenvalue weighted by atomic mass is 16.1. The Bertz CT molecular complexity index is 861. The fraction of sp³-hybridized carbons (Fsp3) is 0.500. The number of hydrogen-bond acceptors (Lipinski definition) is 2. The Balaban J connectivity index is 1.50. The molecule has 1 heterocycles. The molecule has 5 rings (SSSR count). The zero-order valence-electron chi connectivity index (χ0n) is 15.8. The molecule has 0 aliphatic heterocycles. The molecule has 2 nitrogen and oxygen atoms in total. The van der Waals surface area contributed by atoms with Crippen molar-refractivity contribution in [1.82, 2.24) is 4.98 Å². The number of aromatic nitrogens is 1. The van der Waals surface area contributed by atoms with E-state index >= 15 is 0 Å². The van der Waals surface area contributed by atoms with Crippen LogP contribution in [0.15, 0.2) is 53.9 Å². The number of carbonyl (C=O) groups excluding carboxylic acids is 1. The van der Waals surface area contributed by atoms with Gasteiger partial charge in [-0.1, -0.05) is 43.2 Å². The van der Waals surface area contributed by atoms with E-state index in [1.165, 1.54) is 36.0 Å².